The number of hydrogen-bond donors (Lipinski definition) is 5. The first-order chi connectivity index (χ1) is 60.3. The van der Waals surface area contributed by atoms with Gasteiger partial charge in [0.05, 0.1) is 18.4 Å². The number of rotatable bonds is 14. The second kappa shape index (κ2) is 107. The summed E-state index contributed by atoms with van der Waals surface area (Å²) in [4.78, 5) is 78.2. The summed E-state index contributed by atoms with van der Waals surface area (Å²) in [5, 5.41) is 11.2. The van der Waals surface area contributed by atoms with Gasteiger partial charge in [-0.2, -0.15) is 0 Å². The Labute approximate surface area is 1380 Å². The third-order valence-electron chi connectivity index (χ3n) is 17.8. The van der Waals surface area contributed by atoms with Crippen LogP contribution >= 0.6 is 23.2 Å². The molecule has 0 unspecified atom stereocenters. The van der Waals surface area contributed by atoms with Crippen molar-refractivity contribution >= 4 is 907 Å². The van der Waals surface area contributed by atoms with Gasteiger partial charge < -0.3 is 57.1 Å². The zero-order valence-electron chi connectivity index (χ0n) is 82.3. The number of nitrogens with one attached hydrogen (secondary N) is 3. The Morgan fingerprint density at radius 3 is 1.06 bits per heavy atom. The zero-order valence-corrected chi connectivity index (χ0v) is 167. The fourth-order valence-electron chi connectivity index (χ4n) is 12.5. The van der Waals surface area contributed by atoms with Gasteiger partial charge in [-0.1, -0.05) is 60.7 Å². The molecule has 0 spiro atoms. The van der Waals surface area contributed by atoms with Gasteiger partial charge >= 0.3 is 878 Å². The van der Waals surface area contributed by atoms with Crippen LogP contribution in [0.1, 0.15) is 90.2 Å². The molecule has 0 radical (unpaired) electrons. The van der Waals surface area contributed by atoms with Gasteiger partial charge in [0.15, 0.2) is 0 Å². The average Bonchev–Trinajstić information content (AvgIpc) is 1.54. The molecule has 532 valence electrons. The molecule has 10 aromatic rings. The number of carbonyl (C=O) groups excluding carboxylic acids is 5. The summed E-state index contributed by atoms with van der Waals surface area (Å²) in [5.41, 5.74) is 22.2. The molecule has 4 aromatic heterocycles. The first-order valence-electron chi connectivity index (χ1n) is 45.5. The zero-order chi connectivity index (χ0) is 94.8. The second-order valence-electron chi connectivity index (χ2n) is 25.7. The number of pyridine rings is 2. The molecule has 125 heavy (non-hydrogen) atoms. The van der Waals surface area contributed by atoms with Gasteiger partial charge in [0, 0.05) is 110 Å². The van der Waals surface area contributed by atoms with Gasteiger partial charge in [-0.3, -0.25) is 19.2 Å². The van der Waals surface area contributed by atoms with E-state index in [4.69, 9.17) is 48.2 Å². The minimum absolute atomic E-state index is 0. The number of fused-ring (bicyclic) bond motifs is 2. The predicted octanol–water partition coefficient (Wildman–Crippen LogP) is 0.982. The van der Waals surface area contributed by atoms with Crippen molar-refractivity contribution in [2.45, 2.75) is 64.1 Å². The predicted molar refractivity (Wildman–Crippen MR) is 527 cm³/mol. The molecule has 49 heteroatoms. The van der Waals surface area contributed by atoms with Crippen LogP contribution in [-0.2, 0) is 27.4 Å². The monoisotopic (exact) mass is 2420 g/mol. The van der Waals surface area contributed by atoms with Gasteiger partial charge in [0.1, 0.15) is 51.6 Å². The summed E-state index contributed by atoms with van der Waals surface area (Å²) in [6.45, 7) is 10.6. The molecule has 2 saturated carbocycles. The number of piperazine rings is 2. The van der Waals surface area contributed by atoms with Gasteiger partial charge in [0.2, 0.25) is 11.8 Å². The summed E-state index contributed by atoms with van der Waals surface area (Å²) >= 11 is 42.0. The average molecular weight is 2420 g/mol. The van der Waals surface area contributed by atoms with Crippen molar-refractivity contribution in [3.05, 3.63) is 216 Å². The number of carbonyl (C=O) groups is 5. The van der Waals surface area contributed by atoms with E-state index >= 15 is 0 Å². The third kappa shape index (κ3) is 67.3. The molecule has 0 bridgehead atoms. The molecule has 5 amide bonds. The molecule has 4 fully saturated rings. The molecule has 4 atom stereocenters. The van der Waals surface area contributed by atoms with Crippen LogP contribution < -0.4 is 78.8 Å². The first kappa shape index (κ1) is 163. The Hall–Kier alpha value is 34.0. The van der Waals surface area contributed by atoms with Crippen LogP contribution in [-0.4, -0.2) is 939 Å². The van der Waals surface area contributed by atoms with E-state index in [0.717, 1.165) is 92.3 Å². The van der Waals surface area contributed by atoms with E-state index in [-0.39, 0.29) is 136 Å². The molecule has 14 rings (SSSR count). The number of benzene rings is 6. The van der Waals surface area contributed by atoms with Crippen LogP contribution in [0.15, 0.2) is 179 Å². The molecular weight excluding hydrogens is 2350 g/mol. The SMILES string of the molecule is CC(C)(C)OC(=O)N1CCN(C(=O)c2ccc(-c3cc(-c4ccc(F)cc4)c4oc(CNC(=O)[C@H]5C[C@@H]5c5ccc(N)nc5)cc4c3)cc2)CC1.ClCCl.Nc1ccc([C@H]2C[C@@H]2C(=O)NCc2cc3cc(-c4ccc(C(=O)N5CCNCC5)cc4)cc(-c4ccc(F)cc4)c3o2)cn1.[H-].[K+].[K][K].[K][K].[K][K].[K][K].[K][K].[K][K].[K][K].[K][K].[K][K].[K][K].[K][K].[K][K].[K][K]. The van der Waals surface area contributed by atoms with E-state index in [9.17, 15) is 32.8 Å². The van der Waals surface area contributed by atoms with Crippen LogP contribution in [0, 0.1) is 23.5 Å². The van der Waals surface area contributed by atoms with Gasteiger partial charge in [0.25, 0.3) is 11.8 Å². The summed E-state index contributed by atoms with van der Waals surface area (Å²) in [5.74, 6) is 1.37. The Morgan fingerprint density at radius 1 is 0.448 bits per heavy atom. The normalized spacial score (nSPS) is 14.3. The maximum absolute atomic E-state index is 13.9. The number of anilines is 2. The van der Waals surface area contributed by atoms with E-state index in [2.05, 4.69) is 25.9 Å². The molecule has 6 aromatic carbocycles. The number of alkyl halides is 2. The Balaban J connectivity index is -0.000000909. The molecule has 2 saturated heterocycles. The van der Waals surface area contributed by atoms with Crippen molar-refractivity contribution in [1.82, 2.24) is 40.6 Å². The van der Waals surface area contributed by atoms with Gasteiger partial charge in [-0.05, 0) is 187 Å². The summed E-state index contributed by atoms with van der Waals surface area (Å²) in [6.07, 6.45) is 4.62. The van der Waals surface area contributed by atoms with Crippen molar-refractivity contribution in [2.24, 2.45) is 11.8 Å². The standard InChI is InChI=1S/C40H40FN5O5.C35H32FN5O3.CH2Cl2.27K.H/c1-40(2,3)51-39(49)46-16-14-45(15-17-46)38(48)26-6-4-24(5-7-26)28-18-29-19-31(50-36(29)33(20-28)25-8-11-30(41)12-9-25)23-44-37(47)34-21-32(34)27-10-13-35(42)43-22-27;36-27-8-5-22(6-9-27)30-17-25(21-1-3-23(4-2-21)35(43)41-13-11-38-12-14-41)15-26-16-28(44-33(26)30)20-40-34(42)31-18-29(31)24-7-10-32(37)39-19-24;2-1-3;;;;;;;;;;;;;;;;;;;;;;;;;;;;/h4-13,18-20,22,32,34H,14-17,21,23H2,1-3H3,(H2,42,43)(H,44,47);1-10,15-17,19,29,31,38H,11-14,18,20H2,(H2,37,39)(H,40,42);1H2;;;;;;;;;;;;;;;;;;;;;;;;;;;;/q;;;;;;;;;;;;;;;;;;;;;;;;;;;;;+1;-1/t32-,34+;29-,31+;;;;;;;;;;;;;;;;;;;;;;;;;;;;;/m11............................./s1. The molecule has 18 nitrogen and oxygen atoms in total. The van der Waals surface area contributed by atoms with E-state index in [1.807, 2.05) is 123 Å². The van der Waals surface area contributed by atoms with Crippen LogP contribution in [0.2, 0.25) is 0 Å². The second-order valence-corrected chi connectivity index (χ2v) is 26.6. The number of halogens is 4. The van der Waals surface area contributed by atoms with Crippen LogP contribution in [0.25, 0.3) is 66.4 Å². The maximum atomic E-state index is 13.9. The molecule has 7 N–H and O–H groups in total. The molecule has 6 heterocycles. The molecule has 4 aliphatic rings. The van der Waals surface area contributed by atoms with E-state index in [1.165, 1.54) is 845 Å². The third-order valence-corrected chi connectivity index (χ3v) is 17.8. The van der Waals surface area contributed by atoms with Crippen molar-refractivity contribution < 1.29 is 99.1 Å². The number of nitrogens with two attached hydrogens (primary N) is 2. The number of nitrogens with zero attached hydrogens (tertiary/aromatic N) is 5. The Kier molecular flexibility index (Phi) is 139. The Morgan fingerprint density at radius 2 is 0.752 bits per heavy atom. The van der Waals surface area contributed by atoms with Crippen molar-refractivity contribution in [3.8, 4) is 44.5 Å². The number of aromatic nitrogens is 2. The number of ether oxygens (including phenoxy) is 1. The quantitative estimate of drug-likeness (QED) is 0.0755. The fraction of sp³-hybridized carbons (Fsp3) is 0.276. The van der Waals surface area contributed by atoms with Crippen LogP contribution in [0.4, 0.5) is 25.2 Å². The summed E-state index contributed by atoms with van der Waals surface area (Å²) in [7, 11) is 0. The van der Waals surface area contributed by atoms with Crippen LogP contribution in [0.3, 0.4) is 0 Å². The minimum atomic E-state index is -0.578. The van der Waals surface area contributed by atoms with Crippen molar-refractivity contribution in [2.75, 3.05) is 69.2 Å². The molecule has 2 aliphatic carbocycles. The molecular formula is C76H75Cl2F2K27N10O8. The number of amides is 5. The van der Waals surface area contributed by atoms with Gasteiger partial charge in [-0.25, -0.2) is 23.5 Å². The fourth-order valence-corrected chi connectivity index (χ4v) is 12.5. The summed E-state index contributed by atoms with van der Waals surface area (Å²) in [6, 6.07) is 46.9. The Bertz CT molecular complexity index is 4620. The molecule has 2 aliphatic heterocycles. The number of hydrogen-bond acceptors (Lipinski definition) is 13. The van der Waals surface area contributed by atoms with Crippen molar-refractivity contribution in [3.63, 3.8) is 0 Å². The van der Waals surface area contributed by atoms with E-state index in [1.54, 1.807) is 58.6 Å². The van der Waals surface area contributed by atoms with E-state index < -0.39 is 5.60 Å². The number of nitrogen functional groups attached to an aromatic ring is 2. The summed E-state index contributed by atoms with van der Waals surface area (Å²) < 4.78 is 45.7. The van der Waals surface area contributed by atoms with E-state index in [0.29, 0.717) is 84.7 Å². The van der Waals surface area contributed by atoms with Gasteiger partial charge in [-0.15, -0.1) is 23.2 Å². The van der Waals surface area contributed by atoms with Crippen LogP contribution in [0.5, 0.6) is 0 Å². The first-order valence-corrected chi connectivity index (χ1v) is 255. The topological polar surface area (TPSA) is 244 Å². The van der Waals surface area contributed by atoms with Crippen molar-refractivity contribution in [1.29, 1.82) is 0 Å². The number of furan rings is 2.